The first-order valence-corrected chi connectivity index (χ1v) is 6.11. The second kappa shape index (κ2) is 5.33. The minimum Gasteiger partial charge on any atom is -0.493 e. The molecule has 0 radical (unpaired) electrons. The lowest BCUT2D eigenvalue weighted by atomic mass is 10.2. The third kappa shape index (κ3) is 2.68. The number of aliphatic hydroxyl groups excluding tert-OH is 1. The van der Waals surface area contributed by atoms with Gasteiger partial charge in [-0.05, 0) is 25.1 Å². The van der Waals surface area contributed by atoms with Gasteiger partial charge in [0, 0.05) is 4.47 Å². The van der Waals surface area contributed by atoms with Gasteiger partial charge in [0.25, 0.3) is 0 Å². The molecule has 2 rings (SSSR count). The maximum absolute atomic E-state index is 9.00. The van der Waals surface area contributed by atoms with E-state index < -0.39 is 0 Å². The van der Waals surface area contributed by atoms with Crippen molar-refractivity contribution < 1.29 is 9.84 Å². The zero-order valence-electron chi connectivity index (χ0n) is 9.40. The van der Waals surface area contributed by atoms with Gasteiger partial charge >= 0.3 is 0 Å². The molecule has 90 valence electrons. The van der Waals surface area contributed by atoms with E-state index in [0.29, 0.717) is 18.1 Å². The number of nitrogens with one attached hydrogen (secondary N) is 1. The zero-order chi connectivity index (χ0) is 12.3. The number of aromatic nitrogens is 2. The first-order valence-electron chi connectivity index (χ1n) is 5.32. The highest BCUT2D eigenvalue weighted by Gasteiger charge is 2.10. The van der Waals surface area contributed by atoms with Crippen LogP contribution in [0.15, 0.2) is 28.9 Å². The molecule has 0 amide bonds. The minimum atomic E-state index is -0.0481. The number of hydrogen-bond acceptors (Lipinski definition) is 3. The molecule has 4 nitrogen and oxygen atoms in total. The van der Waals surface area contributed by atoms with E-state index in [1.807, 2.05) is 25.1 Å². The van der Waals surface area contributed by atoms with Crippen molar-refractivity contribution in [1.29, 1.82) is 0 Å². The predicted molar refractivity (Wildman–Crippen MR) is 68.8 cm³/mol. The summed E-state index contributed by atoms with van der Waals surface area (Å²) in [7, 11) is 0. The summed E-state index contributed by atoms with van der Waals surface area (Å²) in [6.07, 6.45) is 1.62. The first-order chi connectivity index (χ1) is 8.24. The molecule has 0 unspecified atom stereocenters. The van der Waals surface area contributed by atoms with Crippen molar-refractivity contribution in [2.45, 2.75) is 13.5 Å². The maximum atomic E-state index is 9.00. The summed E-state index contributed by atoms with van der Waals surface area (Å²) >= 11 is 3.41. The monoisotopic (exact) mass is 296 g/mol. The second-order valence-electron chi connectivity index (χ2n) is 3.49. The summed E-state index contributed by atoms with van der Waals surface area (Å²) in [6.45, 7) is 2.48. The third-order valence-electron chi connectivity index (χ3n) is 2.30. The van der Waals surface area contributed by atoms with Crippen molar-refractivity contribution in [1.82, 2.24) is 9.97 Å². The van der Waals surface area contributed by atoms with Gasteiger partial charge < -0.3 is 14.8 Å². The molecule has 0 saturated carbocycles. The largest absolute Gasteiger partial charge is 0.493 e. The van der Waals surface area contributed by atoms with Gasteiger partial charge in [-0.15, -0.1) is 0 Å². The summed E-state index contributed by atoms with van der Waals surface area (Å²) in [5.41, 5.74) is 1.57. The standard InChI is InChI=1S/C12H13BrN2O2/c1-2-17-11-5-8(13)3-4-10(11)12-14-6-9(7-16)15-12/h3-6,16H,2,7H2,1H3,(H,14,15). The Morgan fingerprint density at radius 1 is 1.47 bits per heavy atom. The van der Waals surface area contributed by atoms with Crippen molar-refractivity contribution >= 4 is 15.9 Å². The summed E-state index contributed by atoms with van der Waals surface area (Å²) in [6, 6.07) is 5.76. The molecule has 0 aliphatic rings. The van der Waals surface area contributed by atoms with Crippen LogP contribution < -0.4 is 4.74 Å². The molecule has 2 N–H and O–H groups in total. The van der Waals surface area contributed by atoms with Crippen molar-refractivity contribution in [2.24, 2.45) is 0 Å². The number of imidazole rings is 1. The van der Waals surface area contributed by atoms with Crippen molar-refractivity contribution in [3.05, 3.63) is 34.6 Å². The topological polar surface area (TPSA) is 58.1 Å². The number of nitrogens with zero attached hydrogens (tertiary/aromatic N) is 1. The summed E-state index contributed by atoms with van der Waals surface area (Å²) < 4.78 is 6.52. The van der Waals surface area contributed by atoms with E-state index in [9.17, 15) is 0 Å². The van der Waals surface area contributed by atoms with Gasteiger partial charge in [0.15, 0.2) is 0 Å². The minimum absolute atomic E-state index is 0.0481. The first kappa shape index (κ1) is 12.1. The number of aromatic amines is 1. The Kier molecular flexibility index (Phi) is 3.81. The zero-order valence-corrected chi connectivity index (χ0v) is 11.0. The fraction of sp³-hybridized carbons (Fsp3) is 0.250. The Morgan fingerprint density at radius 2 is 2.29 bits per heavy atom. The summed E-state index contributed by atoms with van der Waals surface area (Å²) in [5.74, 6) is 1.46. The number of ether oxygens (including phenoxy) is 1. The van der Waals surface area contributed by atoms with E-state index in [-0.39, 0.29) is 6.61 Å². The van der Waals surface area contributed by atoms with E-state index in [4.69, 9.17) is 9.84 Å². The van der Waals surface area contributed by atoms with Gasteiger partial charge in [0.05, 0.1) is 30.7 Å². The lowest BCUT2D eigenvalue weighted by Crippen LogP contribution is -1.95. The molecule has 0 aliphatic carbocycles. The van der Waals surface area contributed by atoms with Crippen LogP contribution in [0.3, 0.4) is 0 Å². The van der Waals surface area contributed by atoms with Gasteiger partial charge in [0.1, 0.15) is 11.6 Å². The molecule has 0 bridgehead atoms. The Bertz CT molecular complexity index is 511. The molecule has 2 aromatic rings. The quantitative estimate of drug-likeness (QED) is 0.912. The average Bonchev–Trinajstić information content (AvgIpc) is 2.78. The molecule has 0 spiro atoms. The molecule has 0 fully saturated rings. The maximum Gasteiger partial charge on any atom is 0.141 e. The van der Waals surface area contributed by atoms with E-state index in [1.165, 1.54) is 0 Å². The van der Waals surface area contributed by atoms with Crippen LogP contribution in [0.1, 0.15) is 12.6 Å². The van der Waals surface area contributed by atoms with E-state index in [1.54, 1.807) is 6.20 Å². The molecule has 0 aliphatic heterocycles. The van der Waals surface area contributed by atoms with E-state index in [2.05, 4.69) is 25.9 Å². The number of aliphatic hydroxyl groups is 1. The van der Waals surface area contributed by atoms with Gasteiger partial charge in [-0.3, -0.25) is 0 Å². The highest BCUT2D eigenvalue weighted by atomic mass is 79.9. The highest BCUT2D eigenvalue weighted by molar-refractivity contribution is 9.10. The summed E-state index contributed by atoms with van der Waals surface area (Å²) in [5, 5.41) is 9.00. The average molecular weight is 297 g/mol. The number of benzene rings is 1. The number of halogens is 1. The van der Waals surface area contributed by atoms with Crippen molar-refractivity contribution in [2.75, 3.05) is 6.61 Å². The van der Waals surface area contributed by atoms with Gasteiger partial charge in [-0.1, -0.05) is 15.9 Å². The van der Waals surface area contributed by atoms with Gasteiger partial charge in [-0.2, -0.15) is 0 Å². The molecular formula is C12H13BrN2O2. The number of hydrogen-bond donors (Lipinski definition) is 2. The predicted octanol–water partition coefficient (Wildman–Crippen LogP) is 2.73. The lowest BCUT2D eigenvalue weighted by molar-refractivity contribution is 0.277. The molecule has 17 heavy (non-hydrogen) atoms. The Labute approximate surface area is 108 Å². The Morgan fingerprint density at radius 3 is 2.94 bits per heavy atom. The summed E-state index contributed by atoms with van der Waals surface area (Å²) in [4.78, 5) is 7.26. The van der Waals surface area contributed by atoms with E-state index >= 15 is 0 Å². The molecule has 1 aromatic heterocycles. The fourth-order valence-electron chi connectivity index (χ4n) is 1.54. The van der Waals surface area contributed by atoms with E-state index in [0.717, 1.165) is 15.8 Å². The number of rotatable bonds is 4. The van der Waals surface area contributed by atoms with Gasteiger partial charge in [0.2, 0.25) is 0 Å². The molecule has 0 saturated heterocycles. The third-order valence-corrected chi connectivity index (χ3v) is 2.79. The Balaban J connectivity index is 2.42. The normalized spacial score (nSPS) is 10.5. The van der Waals surface area contributed by atoms with Crippen LogP contribution in [-0.4, -0.2) is 21.7 Å². The molecule has 1 aromatic carbocycles. The van der Waals surface area contributed by atoms with Crippen LogP contribution >= 0.6 is 15.9 Å². The van der Waals surface area contributed by atoms with Crippen LogP contribution in [0.5, 0.6) is 5.75 Å². The Hall–Kier alpha value is -1.33. The van der Waals surface area contributed by atoms with Crippen LogP contribution in [0, 0.1) is 0 Å². The highest BCUT2D eigenvalue weighted by Crippen LogP contribution is 2.30. The molecule has 0 atom stereocenters. The fourth-order valence-corrected chi connectivity index (χ4v) is 1.88. The smallest absolute Gasteiger partial charge is 0.141 e. The molecular weight excluding hydrogens is 284 g/mol. The van der Waals surface area contributed by atoms with Crippen LogP contribution in [0.2, 0.25) is 0 Å². The van der Waals surface area contributed by atoms with Crippen molar-refractivity contribution in [3.63, 3.8) is 0 Å². The SMILES string of the molecule is CCOc1cc(Br)ccc1-c1ncc(CO)[nH]1. The van der Waals surface area contributed by atoms with Crippen LogP contribution in [0.25, 0.3) is 11.4 Å². The molecule has 1 heterocycles. The number of H-pyrrole nitrogens is 1. The van der Waals surface area contributed by atoms with Crippen LogP contribution in [0.4, 0.5) is 0 Å². The second-order valence-corrected chi connectivity index (χ2v) is 4.40. The lowest BCUT2D eigenvalue weighted by Gasteiger charge is -2.08. The van der Waals surface area contributed by atoms with Crippen molar-refractivity contribution in [3.8, 4) is 17.1 Å². The molecule has 5 heteroatoms. The van der Waals surface area contributed by atoms with Gasteiger partial charge in [-0.25, -0.2) is 4.98 Å². The van der Waals surface area contributed by atoms with Crippen LogP contribution in [-0.2, 0) is 6.61 Å².